The smallest absolute Gasteiger partial charge is 0.262 e. The summed E-state index contributed by atoms with van der Waals surface area (Å²) >= 11 is 0. The summed E-state index contributed by atoms with van der Waals surface area (Å²) in [4.78, 5) is 16.7. The minimum atomic E-state index is -0.257. The molecule has 0 saturated heterocycles. The molecule has 0 atom stereocenters. The number of aromatic nitrogens is 1. The zero-order valence-electron chi connectivity index (χ0n) is 20.6. The van der Waals surface area contributed by atoms with Crippen LogP contribution >= 0.6 is 0 Å². The summed E-state index contributed by atoms with van der Waals surface area (Å²) in [6, 6.07) is 17.4. The Kier molecular flexibility index (Phi) is 6.58. The molecule has 1 amide bonds. The van der Waals surface area contributed by atoms with Crippen LogP contribution in [0.4, 0.5) is 11.5 Å². The maximum Gasteiger partial charge on any atom is 0.262 e. The highest BCUT2D eigenvalue weighted by Gasteiger charge is 2.29. The fourth-order valence-electron chi connectivity index (χ4n) is 4.22. The van der Waals surface area contributed by atoms with Crippen LogP contribution in [-0.2, 0) is 4.79 Å². The second kappa shape index (κ2) is 9.77. The first-order valence-electron chi connectivity index (χ1n) is 11.4. The minimum Gasteiger partial charge on any atom is -0.484 e. The SMILES string of the molecule is CC1=C(C#N)c2nc(N)c(C#N)c(C)c2/C1=C\c1cccc(OCC(=O)Nc2ccc(C)c(C)c2)c1. The van der Waals surface area contributed by atoms with Gasteiger partial charge in [-0.2, -0.15) is 10.5 Å². The van der Waals surface area contributed by atoms with Crippen LogP contribution in [0, 0.1) is 43.4 Å². The maximum atomic E-state index is 12.4. The maximum absolute atomic E-state index is 12.4. The highest BCUT2D eigenvalue weighted by molar-refractivity contribution is 6.08. The molecule has 2 aromatic carbocycles. The fraction of sp³-hybridized carbons (Fsp3) is 0.172. The van der Waals surface area contributed by atoms with Crippen LogP contribution in [0.15, 0.2) is 48.0 Å². The molecule has 1 aliphatic rings. The van der Waals surface area contributed by atoms with E-state index >= 15 is 0 Å². The van der Waals surface area contributed by atoms with Gasteiger partial charge in [-0.25, -0.2) is 4.98 Å². The number of carbonyl (C=O) groups is 1. The van der Waals surface area contributed by atoms with Gasteiger partial charge in [0.2, 0.25) is 0 Å². The number of aryl methyl sites for hydroxylation is 2. The van der Waals surface area contributed by atoms with Gasteiger partial charge >= 0.3 is 0 Å². The number of nitrogens with two attached hydrogens (primary N) is 1. The van der Waals surface area contributed by atoms with E-state index in [0.717, 1.165) is 39.1 Å². The van der Waals surface area contributed by atoms with Gasteiger partial charge in [-0.1, -0.05) is 18.2 Å². The molecule has 0 unspecified atom stereocenters. The molecule has 0 aliphatic heterocycles. The number of anilines is 2. The van der Waals surface area contributed by atoms with Crippen molar-refractivity contribution in [3.05, 3.63) is 87.1 Å². The topological polar surface area (TPSA) is 125 Å². The Hall–Kier alpha value is -4.88. The lowest BCUT2D eigenvalue weighted by Gasteiger charge is -2.11. The van der Waals surface area contributed by atoms with Crippen LogP contribution in [0.1, 0.15) is 46.0 Å². The number of hydrogen-bond donors (Lipinski definition) is 2. The molecule has 0 spiro atoms. The van der Waals surface area contributed by atoms with Gasteiger partial charge in [-0.15, -0.1) is 0 Å². The molecule has 1 heterocycles. The van der Waals surface area contributed by atoms with Crippen LogP contribution in [0.3, 0.4) is 0 Å². The quantitative estimate of drug-likeness (QED) is 0.514. The number of fused-ring (bicyclic) bond motifs is 1. The highest BCUT2D eigenvalue weighted by Crippen LogP contribution is 2.44. The number of nitrogen functional groups attached to an aromatic ring is 1. The third-order valence-electron chi connectivity index (χ3n) is 6.31. The molecular weight excluding hydrogens is 450 g/mol. The number of pyridine rings is 1. The summed E-state index contributed by atoms with van der Waals surface area (Å²) in [5.74, 6) is 0.391. The van der Waals surface area contributed by atoms with Crippen LogP contribution in [0.25, 0.3) is 17.2 Å². The summed E-state index contributed by atoms with van der Waals surface area (Å²) in [6.07, 6.45) is 1.92. The zero-order valence-corrected chi connectivity index (χ0v) is 20.6. The predicted molar refractivity (Wildman–Crippen MR) is 141 cm³/mol. The standard InChI is InChI=1S/C29H25N5O2/c1-16-8-9-21(10-17(16)2)33-26(35)15-36-22-7-5-6-20(11-22)12-23-18(3)24(13-30)28-27(23)19(4)25(14-31)29(32)34-28/h5-12H,15H2,1-4H3,(H2,32,34)(H,33,35)/b23-12-. The number of rotatable bonds is 5. The second-order valence-electron chi connectivity index (χ2n) is 8.71. The number of carbonyl (C=O) groups excluding carboxylic acids is 1. The first-order valence-corrected chi connectivity index (χ1v) is 11.4. The average Bonchev–Trinajstić information content (AvgIpc) is 3.11. The molecule has 4 rings (SSSR count). The molecule has 0 saturated carbocycles. The molecule has 3 aromatic rings. The lowest BCUT2D eigenvalue weighted by atomic mass is 9.95. The molecule has 1 aromatic heterocycles. The number of nitrogens with one attached hydrogen (secondary N) is 1. The Balaban J connectivity index is 1.58. The van der Waals surface area contributed by atoms with Crippen molar-refractivity contribution in [3.8, 4) is 17.9 Å². The largest absolute Gasteiger partial charge is 0.484 e. The second-order valence-corrected chi connectivity index (χ2v) is 8.71. The molecule has 7 heteroatoms. The molecule has 1 aliphatic carbocycles. The predicted octanol–water partition coefficient (Wildman–Crippen LogP) is 5.33. The van der Waals surface area contributed by atoms with Crippen molar-refractivity contribution in [2.75, 3.05) is 17.7 Å². The highest BCUT2D eigenvalue weighted by atomic mass is 16.5. The Morgan fingerprint density at radius 2 is 1.86 bits per heavy atom. The number of amides is 1. The van der Waals surface area contributed by atoms with E-state index in [2.05, 4.69) is 22.4 Å². The number of benzene rings is 2. The molecule has 3 N–H and O–H groups in total. The van der Waals surface area contributed by atoms with E-state index in [1.807, 2.05) is 70.2 Å². The normalized spacial score (nSPS) is 13.2. The van der Waals surface area contributed by atoms with E-state index in [1.54, 1.807) is 6.07 Å². The van der Waals surface area contributed by atoms with E-state index in [9.17, 15) is 15.3 Å². The Morgan fingerprint density at radius 1 is 1.08 bits per heavy atom. The summed E-state index contributed by atoms with van der Waals surface area (Å²) in [6.45, 7) is 7.54. The lowest BCUT2D eigenvalue weighted by Crippen LogP contribution is -2.20. The van der Waals surface area contributed by atoms with Gasteiger partial charge in [0.1, 0.15) is 23.7 Å². The number of ether oxygens (including phenoxy) is 1. The first kappa shape index (κ1) is 24.3. The lowest BCUT2D eigenvalue weighted by molar-refractivity contribution is -0.118. The third kappa shape index (κ3) is 4.55. The van der Waals surface area contributed by atoms with E-state index < -0.39 is 0 Å². The summed E-state index contributed by atoms with van der Waals surface area (Å²) in [5.41, 5.74) is 14.0. The van der Waals surface area contributed by atoms with Crippen molar-refractivity contribution >= 4 is 34.6 Å². The van der Waals surface area contributed by atoms with Crippen molar-refractivity contribution in [2.24, 2.45) is 0 Å². The number of nitriles is 2. The molecule has 36 heavy (non-hydrogen) atoms. The Bertz CT molecular complexity index is 1550. The van der Waals surface area contributed by atoms with Crippen LogP contribution in [0.2, 0.25) is 0 Å². The van der Waals surface area contributed by atoms with Crippen LogP contribution < -0.4 is 15.8 Å². The average molecular weight is 476 g/mol. The van der Waals surface area contributed by atoms with Gasteiger partial charge in [0.15, 0.2) is 6.61 Å². The fourth-order valence-corrected chi connectivity index (χ4v) is 4.22. The minimum absolute atomic E-state index is 0.116. The Labute approximate surface area is 210 Å². The van der Waals surface area contributed by atoms with Crippen molar-refractivity contribution in [3.63, 3.8) is 0 Å². The van der Waals surface area contributed by atoms with Gasteiger partial charge in [-0.05, 0) is 91.4 Å². The van der Waals surface area contributed by atoms with Gasteiger partial charge in [0.25, 0.3) is 5.91 Å². The van der Waals surface area contributed by atoms with E-state index in [1.165, 1.54) is 0 Å². The van der Waals surface area contributed by atoms with E-state index in [4.69, 9.17) is 10.5 Å². The summed E-state index contributed by atoms with van der Waals surface area (Å²) < 4.78 is 5.74. The number of nitrogens with zero attached hydrogens (tertiary/aromatic N) is 3. The molecule has 7 nitrogen and oxygen atoms in total. The molecule has 178 valence electrons. The number of hydrogen-bond acceptors (Lipinski definition) is 6. The molecule has 0 radical (unpaired) electrons. The van der Waals surface area contributed by atoms with Crippen molar-refractivity contribution < 1.29 is 9.53 Å². The molecule has 0 fully saturated rings. The summed E-state index contributed by atoms with van der Waals surface area (Å²) in [7, 11) is 0. The summed E-state index contributed by atoms with van der Waals surface area (Å²) in [5, 5.41) is 22.1. The number of allylic oxidation sites excluding steroid dienone is 3. The molecule has 0 bridgehead atoms. The van der Waals surface area contributed by atoms with Gasteiger partial charge in [0.05, 0.1) is 16.8 Å². The monoisotopic (exact) mass is 475 g/mol. The third-order valence-corrected chi connectivity index (χ3v) is 6.31. The first-order chi connectivity index (χ1) is 17.2. The van der Waals surface area contributed by atoms with E-state index in [-0.39, 0.29) is 18.3 Å². The van der Waals surface area contributed by atoms with Crippen molar-refractivity contribution in [1.82, 2.24) is 4.98 Å². The molecular formula is C29H25N5O2. The van der Waals surface area contributed by atoms with Gasteiger partial charge in [0, 0.05) is 11.3 Å². The zero-order chi connectivity index (χ0) is 26.0. The van der Waals surface area contributed by atoms with Crippen LogP contribution in [-0.4, -0.2) is 17.5 Å². The van der Waals surface area contributed by atoms with Gasteiger partial charge < -0.3 is 15.8 Å². The van der Waals surface area contributed by atoms with Gasteiger partial charge in [-0.3, -0.25) is 4.79 Å². The Morgan fingerprint density at radius 3 is 2.56 bits per heavy atom. The van der Waals surface area contributed by atoms with Crippen LogP contribution in [0.5, 0.6) is 5.75 Å². The van der Waals surface area contributed by atoms with E-state index in [0.29, 0.717) is 28.1 Å². The van der Waals surface area contributed by atoms with Crippen molar-refractivity contribution in [2.45, 2.75) is 27.7 Å². The van der Waals surface area contributed by atoms with Crippen molar-refractivity contribution in [1.29, 1.82) is 10.5 Å².